The Bertz CT molecular complexity index is 219. The average molecular weight is 183 g/mol. The van der Waals surface area contributed by atoms with Gasteiger partial charge in [0.25, 0.3) is 0 Å². The molecular formula is C10H15OS+. The van der Waals surface area contributed by atoms with E-state index in [1.165, 1.54) is 11.8 Å². The number of carbonyl (C=O) groups is 1. The molecule has 0 spiro atoms. The van der Waals surface area contributed by atoms with Crippen LogP contribution in [0.3, 0.4) is 0 Å². The zero-order valence-electron chi connectivity index (χ0n) is 7.74. The molecule has 1 rings (SSSR count). The molecule has 0 aliphatic heterocycles. The van der Waals surface area contributed by atoms with E-state index in [9.17, 15) is 4.79 Å². The van der Waals surface area contributed by atoms with Crippen LogP contribution in [-0.4, -0.2) is 18.3 Å². The van der Waals surface area contributed by atoms with Crippen LogP contribution < -0.4 is 0 Å². The number of benzene rings is 1. The standard InChI is InChI=1S/C8H8O.C2H6S/c1-7(9)8-5-3-2-4-6-8;1-3-2/h2-6H,1H3;1-2H3/p+1. The highest BCUT2D eigenvalue weighted by Crippen LogP contribution is 1.97. The quantitative estimate of drug-likeness (QED) is 0.369. The van der Waals surface area contributed by atoms with Crippen LogP contribution in [0.4, 0.5) is 0 Å². The predicted octanol–water partition coefficient (Wildman–Crippen LogP) is 1.95. The lowest BCUT2D eigenvalue weighted by molar-refractivity contribution is 0.101. The molecule has 2 heteroatoms. The average Bonchev–Trinajstić information content (AvgIpc) is 2.07. The monoisotopic (exact) mass is 183 g/mol. The van der Waals surface area contributed by atoms with Gasteiger partial charge in [0.1, 0.15) is 0 Å². The molecule has 0 saturated heterocycles. The number of rotatable bonds is 1. The van der Waals surface area contributed by atoms with Gasteiger partial charge in [0.05, 0.1) is 12.5 Å². The minimum Gasteiger partial charge on any atom is -0.295 e. The summed E-state index contributed by atoms with van der Waals surface area (Å²) < 4.78 is 0. The fraction of sp³-hybridized carbons (Fsp3) is 0.300. The van der Waals surface area contributed by atoms with Crippen LogP contribution in [0.2, 0.25) is 0 Å². The van der Waals surface area contributed by atoms with Gasteiger partial charge in [-0.1, -0.05) is 30.3 Å². The van der Waals surface area contributed by atoms with Gasteiger partial charge in [-0.05, 0) is 18.7 Å². The van der Waals surface area contributed by atoms with Crippen LogP contribution in [0.1, 0.15) is 17.3 Å². The Morgan fingerprint density at radius 3 is 1.83 bits per heavy atom. The number of hydrogen-bond donors (Lipinski definition) is 0. The van der Waals surface area contributed by atoms with Crippen LogP contribution in [0.5, 0.6) is 0 Å². The molecule has 0 aromatic heterocycles. The molecule has 0 atom stereocenters. The Balaban J connectivity index is 0.000000354. The van der Waals surface area contributed by atoms with Crippen molar-refractivity contribution >= 4 is 17.5 Å². The van der Waals surface area contributed by atoms with Crippen LogP contribution in [-0.2, 0) is 11.8 Å². The fourth-order valence-electron chi connectivity index (χ4n) is 0.673. The summed E-state index contributed by atoms with van der Waals surface area (Å²) in [5, 5.41) is 0. The molecule has 1 aromatic rings. The maximum absolute atomic E-state index is 10.6. The molecule has 1 aromatic carbocycles. The Hall–Kier alpha value is -0.760. The molecule has 0 amide bonds. The van der Waals surface area contributed by atoms with Crippen molar-refractivity contribution in [1.82, 2.24) is 0 Å². The maximum Gasteiger partial charge on any atom is 0.159 e. The highest BCUT2D eigenvalue weighted by Gasteiger charge is 1.92. The third-order valence-electron chi connectivity index (χ3n) is 1.18. The normalized spacial score (nSPS) is 8.25. The first kappa shape index (κ1) is 11.2. The maximum atomic E-state index is 10.6. The van der Waals surface area contributed by atoms with Crippen LogP contribution >= 0.6 is 0 Å². The lowest BCUT2D eigenvalue weighted by Gasteiger charge is -1.89. The van der Waals surface area contributed by atoms with Crippen molar-refractivity contribution in [2.45, 2.75) is 6.92 Å². The van der Waals surface area contributed by atoms with Gasteiger partial charge in [-0.25, -0.2) is 0 Å². The molecular weight excluding hydrogens is 168 g/mol. The SMILES string of the molecule is CC(=O)c1ccccc1.C[SH+]C. The summed E-state index contributed by atoms with van der Waals surface area (Å²) in [7, 11) is 0. The van der Waals surface area contributed by atoms with Gasteiger partial charge in [0.15, 0.2) is 5.78 Å². The lowest BCUT2D eigenvalue weighted by atomic mass is 10.2. The van der Waals surface area contributed by atoms with Crippen LogP contribution in [0, 0.1) is 0 Å². The molecule has 0 fully saturated rings. The summed E-state index contributed by atoms with van der Waals surface area (Å²) in [6.07, 6.45) is 4.19. The van der Waals surface area contributed by atoms with Crippen molar-refractivity contribution in [2.24, 2.45) is 0 Å². The third-order valence-corrected chi connectivity index (χ3v) is 1.18. The highest BCUT2D eigenvalue weighted by molar-refractivity contribution is 7.76. The van der Waals surface area contributed by atoms with Crippen molar-refractivity contribution in [3.8, 4) is 0 Å². The van der Waals surface area contributed by atoms with Gasteiger partial charge in [0, 0.05) is 5.56 Å². The van der Waals surface area contributed by atoms with E-state index in [0.29, 0.717) is 0 Å². The van der Waals surface area contributed by atoms with Crippen molar-refractivity contribution in [2.75, 3.05) is 12.5 Å². The Labute approximate surface area is 78.2 Å². The lowest BCUT2D eigenvalue weighted by Crippen LogP contribution is -1.88. The molecule has 66 valence electrons. The molecule has 0 heterocycles. The first-order valence-corrected chi connectivity index (χ1v) is 5.55. The van der Waals surface area contributed by atoms with Crippen molar-refractivity contribution in [3.63, 3.8) is 0 Å². The van der Waals surface area contributed by atoms with E-state index in [1.807, 2.05) is 30.3 Å². The minimum atomic E-state index is 0.121. The van der Waals surface area contributed by atoms with Gasteiger partial charge >= 0.3 is 0 Å². The molecule has 0 radical (unpaired) electrons. The summed E-state index contributed by atoms with van der Waals surface area (Å²) in [6.45, 7) is 1.56. The molecule has 1 nitrogen and oxygen atoms in total. The third kappa shape index (κ3) is 4.97. The van der Waals surface area contributed by atoms with E-state index in [1.54, 1.807) is 6.92 Å². The largest absolute Gasteiger partial charge is 0.295 e. The van der Waals surface area contributed by atoms with Gasteiger partial charge < -0.3 is 0 Å². The van der Waals surface area contributed by atoms with Gasteiger partial charge in [-0.2, -0.15) is 0 Å². The summed E-state index contributed by atoms with van der Waals surface area (Å²) in [4.78, 5) is 10.6. The zero-order valence-corrected chi connectivity index (χ0v) is 8.64. The van der Waals surface area contributed by atoms with Gasteiger partial charge in [-0.3, -0.25) is 4.79 Å². The first-order valence-electron chi connectivity index (χ1n) is 3.76. The molecule has 0 aliphatic rings. The van der Waals surface area contributed by atoms with E-state index < -0.39 is 0 Å². The Kier molecular flexibility index (Phi) is 6.48. The molecule has 0 saturated carbocycles. The van der Waals surface area contributed by atoms with E-state index in [0.717, 1.165) is 5.56 Å². The van der Waals surface area contributed by atoms with Crippen molar-refractivity contribution in [3.05, 3.63) is 35.9 Å². The zero-order chi connectivity index (χ0) is 9.40. The summed E-state index contributed by atoms with van der Waals surface area (Å²) in [5.74, 6) is 0.121. The second-order valence-corrected chi connectivity index (χ2v) is 3.26. The minimum absolute atomic E-state index is 0.121. The number of carbonyl (C=O) groups excluding carboxylic acids is 1. The fourth-order valence-corrected chi connectivity index (χ4v) is 0.673. The predicted molar refractivity (Wildman–Crippen MR) is 57.1 cm³/mol. The van der Waals surface area contributed by atoms with Crippen molar-refractivity contribution in [1.29, 1.82) is 0 Å². The van der Waals surface area contributed by atoms with Crippen LogP contribution in [0.15, 0.2) is 30.3 Å². The molecule has 0 bridgehead atoms. The summed E-state index contributed by atoms with van der Waals surface area (Å²) in [5.41, 5.74) is 0.775. The van der Waals surface area contributed by atoms with E-state index in [4.69, 9.17) is 0 Å². The van der Waals surface area contributed by atoms with Crippen molar-refractivity contribution < 1.29 is 4.79 Å². The first-order chi connectivity index (χ1) is 5.72. The molecule has 12 heavy (non-hydrogen) atoms. The van der Waals surface area contributed by atoms with E-state index >= 15 is 0 Å². The smallest absolute Gasteiger partial charge is 0.159 e. The van der Waals surface area contributed by atoms with E-state index in [2.05, 4.69) is 12.5 Å². The summed E-state index contributed by atoms with van der Waals surface area (Å²) >= 11 is 1.42. The van der Waals surface area contributed by atoms with Gasteiger partial charge in [0.2, 0.25) is 0 Å². The topological polar surface area (TPSA) is 17.1 Å². The number of hydrogen-bond acceptors (Lipinski definition) is 1. The molecule has 0 aliphatic carbocycles. The number of thiol groups is 1. The highest BCUT2D eigenvalue weighted by atomic mass is 32.2. The van der Waals surface area contributed by atoms with E-state index in [-0.39, 0.29) is 5.78 Å². The van der Waals surface area contributed by atoms with Crippen LogP contribution in [0.25, 0.3) is 0 Å². The Morgan fingerprint density at radius 1 is 1.17 bits per heavy atom. The summed E-state index contributed by atoms with van der Waals surface area (Å²) in [6, 6.07) is 9.23. The number of ketones is 1. The molecule has 0 N–H and O–H groups in total. The molecule has 0 unspecified atom stereocenters. The Morgan fingerprint density at radius 2 is 1.58 bits per heavy atom. The van der Waals surface area contributed by atoms with Gasteiger partial charge in [-0.15, -0.1) is 0 Å². The second-order valence-electron chi connectivity index (χ2n) is 2.37. The number of Topliss-reactive ketones (excluding diaryl/α,β-unsaturated/α-hetero) is 1. The second kappa shape index (κ2) is 6.92.